The van der Waals surface area contributed by atoms with Crippen LogP contribution in [0.25, 0.3) is 0 Å². The largest absolute Gasteiger partial charge is 0.465 e. The molecule has 0 aliphatic carbocycles. The summed E-state index contributed by atoms with van der Waals surface area (Å²) in [7, 11) is 0. The van der Waals surface area contributed by atoms with E-state index in [1.807, 2.05) is 0 Å². The van der Waals surface area contributed by atoms with E-state index in [1.54, 1.807) is 0 Å². The minimum atomic E-state index is -0.131. The van der Waals surface area contributed by atoms with Gasteiger partial charge in [0.1, 0.15) is 5.75 Å². The molecule has 1 saturated heterocycles. The third kappa shape index (κ3) is 3.93. The predicted octanol–water partition coefficient (Wildman–Crippen LogP) is 6.00. The highest BCUT2D eigenvalue weighted by Crippen LogP contribution is 2.45. The van der Waals surface area contributed by atoms with Gasteiger partial charge in [-0.15, -0.1) is 0 Å². The maximum atomic E-state index is 6.42. The lowest BCUT2D eigenvalue weighted by atomic mass is 9.80. The van der Waals surface area contributed by atoms with Gasteiger partial charge in [-0.1, -0.05) is 66.7 Å². The second-order valence-corrected chi connectivity index (χ2v) is 7.81. The minimum Gasteiger partial charge on any atom is -0.465 e. The van der Waals surface area contributed by atoms with Crippen LogP contribution in [-0.4, -0.2) is 12.9 Å². The standard InChI is InChI=1S/C26H26O3/c1-3-9-19(10-4-1)25-23-15-14-22(29-24-13-7-8-16-27-24)17-21(23)18-28-26(25)20-11-5-2-6-12-20/h1-6,9-12,14-15,17,24-26H,7-8,13,16,18H2/t24?,25-,26-/m1/s1. The second-order valence-electron chi connectivity index (χ2n) is 7.81. The van der Waals surface area contributed by atoms with Crippen molar-refractivity contribution in [1.82, 2.24) is 0 Å². The van der Waals surface area contributed by atoms with Crippen LogP contribution in [0.3, 0.4) is 0 Å². The van der Waals surface area contributed by atoms with Gasteiger partial charge in [0.15, 0.2) is 6.29 Å². The number of benzene rings is 3. The Kier molecular flexibility index (Phi) is 5.33. The lowest BCUT2D eigenvalue weighted by Gasteiger charge is -2.35. The monoisotopic (exact) mass is 386 g/mol. The number of hydrogen-bond donors (Lipinski definition) is 0. The number of hydrogen-bond acceptors (Lipinski definition) is 3. The maximum Gasteiger partial charge on any atom is 0.199 e. The predicted molar refractivity (Wildman–Crippen MR) is 113 cm³/mol. The number of rotatable bonds is 4. The Balaban J connectivity index is 1.49. The van der Waals surface area contributed by atoms with E-state index in [0.717, 1.165) is 31.6 Å². The normalized spacial score (nSPS) is 23.9. The lowest BCUT2D eigenvalue weighted by molar-refractivity contribution is -0.106. The van der Waals surface area contributed by atoms with Gasteiger partial charge in [0, 0.05) is 12.3 Å². The molecule has 0 aromatic heterocycles. The summed E-state index contributed by atoms with van der Waals surface area (Å²) in [6.07, 6.45) is 3.11. The van der Waals surface area contributed by atoms with E-state index >= 15 is 0 Å². The molecule has 0 amide bonds. The van der Waals surface area contributed by atoms with Crippen molar-refractivity contribution < 1.29 is 14.2 Å². The Morgan fingerprint density at radius 2 is 1.52 bits per heavy atom. The van der Waals surface area contributed by atoms with E-state index < -0.39 is 0 Å². The first-order valence-electron chi connectivity index (χ1n) is 10.5. The molecule has 1 unspecified atom stereocenters. The summed E-state index contributed by atoms with van der Waals surface area (Å²) in [5.74, 6) is 1.02. The van der Waals surface area contributed by atoms with Gasteiger partial charge < -0.3 is 14.2 Å². The summed E-state index contributed by atoms with van der Waals surface area (Å²) in [5.41, 5.74) is 4.99. The first kappa shape index (κ1) is 18.4. The molecule has 5 rings (SSSR count). The van der Waals surface area contributed by atoms with Crippen molar-refractivity contribution in [1.29, 1.82) is 0 Å². The summed E-state index contributed by atoms with van der Waals surface area (Å²) in [5, 5.41) is 0. The van der Waals surface area contributed by atoms with Crippen molar-refractivity contribution in [2.45, 2.75) is 44.2 Å². The fourth-order valence-electron chi connectivity index (χ4n) is 4.42. The molecule has 3 aromatic carbocycles. The van der Waals surface area contributed by atoms with E-state index in [9.17, 15) is 0 Å². The van der Waals surface area contributed by atoms with Crippen LogP contribution in [0.1, 0.15) is 53.5 Å². The SMILES string of the molecule is c1ccc([C@@H]2c3ccc(OC4CCCCO4)cc3CO[C@@H]2c2ccccc2)cc1. The van der Waals surface area contributed by atoms with Gasteiger partial charge in [-0.3, -0.25) is 0 Å². The number of fused-ring (bicyclic) bond motifs is 1. The molecule has 29 heavy (non-hydrogen) atoms. The van der Waals surface area contributed by atoms with Gasteiger partial charge in [-0.25, -0.2) is 0 Å². The highest BCUT2D eigenvalue weighted by atomic mass is 16.7. The van der Waals surface area contributed by atoms with Gasteiger partial charge in [-0.2, -0.15) is 0 Å². The Morgan fingerprint density at radius 1 is 0.759 bits per heavy atom. The van der Waals surface area contributed by atoms with E-state index in [-0.39, 0.29) is 18.3 Å². The third-order valence-electron chi connectivity index (χ3n) is 5.86. The Labute approximate surface area is 172 Å². The Hall–Kier alpha value is -2.62. The molecule has 2 aliphatic heterocycles. The zero-order chi connectivity index (χ0) is 19.5. The first-order valence-corrected chi connectivity index (χ1v) is 10.5. The van der Waals surface area contributed by atoms with Gasteiger partial charge in [0.05, 0.1) is 19.3 Å². The Morgan fingerprint density at radius 3 is 2.24 bits per heavy atom. The van der Waals surface area contributed by atoms with Crippen LogP contribution in [-0.2, 0) is 16.1 Å². The van der Waals surface area contributed by atoms with Crippen LogP contribution in [0.15, 0.2) is 78.9 Å². The van der Waals surface area contributed by atoms with Gasteiger partial charge >= 0.3 is 0 Å². The molecular formula is C26H26O3. The van der Waals surface area contributed by atoms with Crippen LogP contribution < -0.4 is 4.74 Å². The highest BCUT2D eigenvalue weighted by molar-refractivity contribution is 5.45. The van der Waals surface area contributed by atoms with Crippen molar-refractivity contribution in [3.63, 3.8) is 0 Å². The minimum absolute atomic E-state index is 0.000420. The highest BCUT2D eigenvalue weighted by Gasteiger charge is 2.33. The maximum absolute atomic E-state index is 6.42. The molecule has 0 N–H and O–H groups in total. The van der Waals surface area contributed by atoms with E-state index in [0.29, 0.717) is 6.61 Å². The molecule has 0 radical (unpaired) electrons. The van der Waals surface area contributed by atoms with Crippen molar-refractivity contribution in [3.05, 3.63) is 101 Å². The third-order valence-corrected chi connectivity index (χ3v) is 5.86. The van der Waals surface area contributed by atoms with Crippen LogP contribution in [0.5, 0.6) is 5.75 Å². The van der Waals surface area contributed by atoms with Crippen LogP contribution >= 0.6 is 0 Å². The lowest BCUT2D eigenvalue weighted by Crippen LogP contribution is -2.26. The summed E-state index contributed by atoms with van der Waals surface area (Å²) in [6, 6.07) is 27.6. The summed E-state index contributed by atoms with van der Waals surface area (Å²) in [4.78, 5) is 0. The molecule has 3 aromatic rings. The summed E-state index contributed by atoms with van der Waals surface area (Å²) >= 11 is 0. The summed E-state index contributed by atoms with van der Waals surface area (Å²) in [6.45, 7) is 1.37. The van der Waals surface area contributed by atoms with Crippen molar-refractivity contribution in [2.24, 2.45) is 0 Å². The van der Waals surface area contributed by atoms with Crippen molar-refractivity contribution in [3.8, 4) is 5.75 Å². The van der Waals surface area contributed by atoms with Gasteiger partial charge in [-0.05, 0) is 47.2 Å². The van der Waals surface area contributed by atoms with Crippen LogP contribution in [0, 0.1) is 0 Å². The zero-order valence-electron chi connectivity index (χ0n) is 16.5. The van der Waals surface area contributed by atoms with Crippen molar-refractivity contribution in [2.75, 3.05) is 6.61 Å². The smallest absolute Gasteiger partial charge is 0.199 e. The molecule has 0 saturated carbocycles. The first-order chi connectivity index (χ1) is 14.4. The van der Waals surface area contributed by atoms with Crippen LogP contribution in [0.2, 0.25) is 0 Å². The van der Waals surface area contributed by atoms with E-state index in [1.165, 1.54) is 22.3 Å². The molecule has 3 heteroatoms. The average Bonchev–Trinajstić information content (AvgIpc) is 2.80. The van der Waals surface area contributed by atoms with Crippen LogP contribution in [0.4, 0.5) is 0 Å². The van der Waals surface area contributed by atoms with Crippen molar-refractivity contribution >= 4 is 0 Å². The molecule has 0 spiro atoms. The Bertz CT molecular complexity index is 933. The van der Waals surface area contributed by atoms with E-state index in [4.69, 9.17) is 14.2 Å². The quantitative estimate of drug-likeness (QED) is 0.551. The number of ether oxygens (including phenoxy) is 3. The molecule has 1 fully saturated rings. The zero-order valence-corrected chi connectivity index (χ0v) is 16.5. The van der Waals surface area contributed by atoms with Gasteiger partial charge in [0.2, 0.25) is 0 Å². The fourth-order valence-corrected chi connectivity index (χ4v) is 4.42. The topological polar surface area (TPSA) is 27.7 Å². The summed E-state index contributed by atoms with van der Waals surface area (Å²) < 4.78 is 18.2. The van der Waals surface area contributed by atoms with E-state index in [2.05, 4.69) is 78.9 Å². The molecular weight excluding hydrogens is 360 g/mol. The fraction of sp³-hybridized carbons (Fsp3) is 0.308. The molecule has 3 nitrogen and oxygen atoms in total. The molecule has 2 aliphatic rings. The van der Waals surface area contributed by atoms with Gasteiger partial charge in [0.25, 0.3) is 0 Å². The molecule has 3 atom stereocenters. The molecule has 2 heterocycles. The average molecular weight is 386 g/mol. The molecule has 148 valence electrons. The second kappa shape index (κ2) is 8.40. The molecule has 0 bridgehead atoms.